The number of H-pyrrole nitrogens is 1. The fraction of sp³-hybridized carbons (Fsp3) is 0.143. The molecule has 2 heterocycles. The molecular formula is C21H15N5O. The van der Waals surface area contributed by atoms with Crippen molar-refractivity contribution in [3.05, 3.63) is 77.1 Å². The average molecular weight is 353 g/mol. The quantitative estimate of drug-likeness (QED) is 0.713. The Kier molecular flexibility index (Phi) is 4.16. The van der Waals surface area contributed by atoms with Crippen molar-refractivity contribution in [3.63, 3.8) is 0 Å². The number of rotatable bonds is 2. The van der Waals surface area contributed by atoms with Gasteiger partial charge in [-0.05, 0) is 48.4 Å². The summed E-state index contributed by atoms with van der Waals surface area (Å²) in [5.41, 5.74) is 3.66. The fourth-order valence-corrected chi connectivity index (χ4v) is 3.39. The molecule has 0 bridgehead atoms. The second kappa shape index (κ2) is 6.78. The molecule has 3 aromatic rings. The van der Waals surface area contributed by atoms with Gasteiger partial charge in [0, 0.05) is 18.2 Å². The van der Waals surface area contributed by atoms with Crippen LogP contribution in [0.2, 0.25) is 0 Å². The number of carbonyl (C=O) groups is 1. The van der Waals surface area contributed by atoms with Crippen LogP contribution >= 0.6 is 0 Å². The first-order chi connectivity index (χ1) is 13.2. The molecule has 6 nitrogen and oxygen atoms in total. The predicted molar refractivity (Wildman–Crippen MR) is 99.3 cm³/mol. The third-order valence-corrected chi connectivity index (χ3v) is 4.72. The number of aromatic amines is 1. The maximum Gasteiger partial charge on any atom is 0.254 e. The van der Waals surface area contributed by atoms with Crippen LogP contribution in [0.15, 0.2) is 60.2 Å². The number of para-hydroxylation sites is 2. The Balaban J connectivity index is 1.71. The molecule has 2 aromatic carbocycles. The molecule has 1 aromatic heterocycles. The zero-order chi connectivity index (χ0) is 18.8. The second-order valence-corrected chi connectivity index (χ2v) is 6.41. The normalized spacial score (nSPS) is 17.8. The largest absolute Gasteiger partial charge is 0.340 e. The maximum absolute atomic E-state index is 13.1. The highest BCUT2D eigenvalue weighted by Crippen LogP contribution is 2.35. The number of fused-ring (bicyclic) bond motifs is 1. The summed E-state index contributed by atoms with van der Waals surface area (Å²) in [6.45, 7) is 0.383. The predicted octanol–water partition coefficient (Wildman–Crippen LogP) is 3.47. The van der Waals surface area contributed by atoms with Crippen molar-refractivity contribution in [2.24, 2.45) is 0 Å². The number of allylic oxidation sites excluding steroid dienone is 1. The molecule has 1 saturated heterocycles. The number of imidazole rings is 1. The van der Waals surface area contributed by atoms with Crippen LogP contribution in [0.25, 0.3) is 11.0 Å². The van der Waals surface area contributed by atoms with Crippen LogP contribution in [0.4, 0.5) is 0 Å². The number of likely N-dealkylation sites (tertiary alicyclic amines) is 1. The van der Waals surface area contributed by atoms with Crippen LogP contribution in [0.1, 0.15) is 34.2 Å². The van der Waals surface area contributed by atoms with Crippen LogP contribution in [-0.4, -0.2) is 27.3 Å². The molecular weight excluding hydrogens is 338 g/mol. The van der Waals surface area contributed by atoms with Gasteiger partial charge in [0.2, 0.25) is 0 Å². The highest BCUT2D eigenvalue weighted by molar-refractivity contribution is 5.95. The monoisotopic (exact) mass is 353 g/mol. The number of aromatic nitrogens is 2. The summed E-state index contributed by atoms with van der Waals surface area (Å²) in [5.74, 6) is 0.561. The summed E-state index contributed by atoms with van der Waals surface area (Å²) in [6, 6.07) is 18.1. The van der Waals surface area contributed by atoms with Gasteiger partial charge in [0.15, 0.2) is 0 Å². The summed E-state index contributed by atoms with van der Waals surface area (Å²) in [6.07, 6.45) is 2.07. The van der Waals surface area contributed by atoms with Gasteiger partial charge >= 0.3 is 0 Å². The van der Waals surface area contributed by atoms with E-state index < -0.39 is 0 Å². The van der Waals surface area contributed by atoms with Crippen LogP contribution in [-0.2, 0) is 0 Å². The van der Waals surface area contributed by atoms with Gasteiger partial charge in [0.05, 0.1) is 34.8 Å². The molecule has 0 saturated carbocycles. The van der Waals surface area contributed by atoms with E-state index in [0.29, 0.717) is 29.9 Å². The van der Waals surface area contributed by atoms with Gasteiger partial charge in [-0.1, -0.05) is 12.1 Å². The zero-order valence-electron chi connectivity index (χ0n) is 14.4. The Morgan fingerprint density at radius 3 is 2.67 bits per heavy atom. The molecule has 130 valence electrons. The Morgan fingerprint density at radius 2 is 1.96 bits per heavy atom. The van der Waals surface area contributed by atoms with Crippen molar-refractivity contribution in [2.45, 2.75) is 12.5 Å². The molecule has 1 N–H and O–H groups in total. The standard InChI is InChI=1S/C21H15N5O/c22-10-9-15-11-19(20-24-17-3-1-2-4-18(17)25-20)26(13-15)21(27)16-7-5-14(12-23)6-8-16/h1-9,19H,11,13H2,(H,24,25)/t19-/m0/s1. The van der Waals surface area contributed by atoms with Crippen LogP contribution < -0.4 is 0 Å². The SMILES string of the molecule is N#CC=C1C[C@@H](c2nc3ccccc3[nH]2)N(C(=O)c2ccc(C#N)cc2)C1. The molecule has 1 aliphatic rings. The molecule has 0 aliphatic carbocycles. The summed E-state index contributed by atoms with van der Waals surface area (Å²) >= 11 is 0. The molecule has 0 spiro atoms. The van der Waals surface area contributed by atoms with E-state index in [-0.39, 0.29) is 11.9 Å². The highest BCUT2D eigenvalue weighted by atomic mass is 16.2. The van der Waals surface area contributed by atoms with Gasteiger partial charge in [-0.2, -0.15) is 10.5 Å². The minimum Gasteiger partial charge on any atom is -0.340 e. The van der Waals surface area contributed by atoms with E-state index in [0.717, 1.165) is 16.6 Å². The summed E-state index contributed by atoms with van der Waals surface area (Å²) in [7, 11) is 0. The van der Waals surface area contributed by atoms with Gasteiger partial charge in [0.1, 0.15) is 5.82 Å². The third kappa shape index (κ3) is 3.05. The number of nitriles is 2. The van der Waals surface area contributed by atoms with Crippen molar-refractivity contribution >= 4 is 16.9 Å². The smallest absolute Gasteiger partial charge is 0.254 e. The van der Waals surface area contributed by atoms with Crippen molar-refractivity contribution in [3.8, 4) is 12.1 Å². The Bertz CT molecular complexity index is 1090. The zero-order valence-corrected chi connectivity index (χ0v) is 14.4. The Morgan fingerprint density at radius 1 is 1.19 bits per heavy atom. The van der Waals surface area contributed by atoms with E-state index >= 15 is 0 Å². The lowest BCUT2D eigenvalue weighted by Crippen LogP contribution is -2.31. The van der Waals surface area contributed by atoms with Crippen LogP contribution in [0.3, 0.4) is 0 Å². The van der Waals surface area contributed by atoms with Gasteiger partial charge in [-0.15, -0.1) is 0 Å². The minimum absolute atomic E-state index is 0.147. The summed E-state index contributed by atoms with van der Waals surface area (Å²) < 4.78 is 0. The van der Waals surface area contributed by atoms with E-state index in [1.54, 1.807) is 29.2 Å². The van der Waals surface area contributed by atoms with Gasteiger partial charge in [-0.3, -0.25) is 4.79 Å². The number of benzene rings is 2. The van der Waals surface area contributed by atoms with Crippen molar-refractivity contribution < 1.29 is 4.79 Å². The number of hydrogen-bond acceptors (Lipinski definition) is 4. The van der Waals surface area contributed by atoms with Crippen molar-refractivity contribution in [1.82, 2.24) is 14.9 Å². The Labute approximate surface area is 156 Å². The molecule has 1 fully saturated rings. The lowest BCUT2D eigenvalue weighted by atomic mass is 10.1. The fourth-order valence-electron chi connectivity index (χ4n) is 3.39. The highest BCUT2D eigenvalue weighted by Gasteiger charge is 2.35. The number of hydrogen-bond donors (Lipinski definition) is 1. The molecule has 1 amide bonds. The van der Waals surface area contributed by atoms with Crippen LogP contribution in [0, 0.1) is 22.7 Å². The molecule has 0 radical (unpaired) electrons. The lowest BCUT2D eigenvalue weighted by molar-refractivity contribution is 0.0733. The van der Waals surface area contributed by atoms with E-state index in [1.165, 1.54) is 6.08 Å². The Hall–Kier alpha value is -3.90. The molecule has 1 atom stereocenters. The molecule has 1 aliphatic heterocycles. The van der Waals surface area contributed by atoms with Crippen molar-refractivity contribution in [1.29, 1.82) is 10.5 Å². The first-order valence-electron chi connectivity index (χ1n) is 8.53. The minimum atomic E-state index is -0.264. The van der Waals surface area contributed by atoms with Gasteiger partial charge in [0.25, 0.3) is 5.91 Å². The number of amides is 1. The van der Waals surface area contributed by atoms with E-state index in [9.17, 15) is 4.79 Å². The lowest BCUT2D eigenvalue weighted by Gasteiger charge is -2.22. The van der Waals surface area contributed by atoms with Gasteiger partial charge < -0.3 is 9.88 Å². The molecule has 0 unspecified atom stereocenters. The number of nitrogens with one attached hydrogen (secondary N) is 1. The third-order valence-electron chi connectivity index (χ3n) is 4.72. The first kappa shape index (κ1) is 16.6. The second-order valence-electron chi connectivity index (χ2n) is 6.41. The van der Waals surface area contributed by atoms with E-state index in [1.807, 2.05) is 24.3 Å². The molecule has 6 heteroatoms. The summed E-state index contributed by atoms with van der Waals surface area (Å²) in [4.78, 5) is 22.7. The maximum atomic E-state index is 13.1. The molecule has 4 rings (SSSR count). The van der Waals surface area contributed by atoms with E-state index in [2.05, 4.69) is 22.1 Å². The van der Waals surface area contributed by atoms with E-state index in [4.69, 9.17) is 10.5 Å². The van der Waals surface area contributed by atoms with Gasteiger partial charge in [-0.25, -0.2) is 4.98 Å². The number of nitrogens with zero attached hydrogens (tertiary/aromatic N) is 4. The van der Waals surface area contributed by atoms with Crippen molar-refractivity contribution in [2.75, 3.05) is 6.54 Å². The van der Waals surface area contributed by atoms with Crippen LogP contribution in [0.5, 0.6) is 0 Å². The topological polar surface area (TPSA) is 96.6 Å². The average Bonchev–Trinajstić information content (AvgIpc) is 3.31. The summed E-state index contributed by atoms with van der Waals surface area (Å²) in [5, 5.41) is 17.9. The number of carbonyl (C=O) groups excluding carboxylic acids is 1. The molecule has 27 heavy (non-hydrogen) atoms. The first-order valence-corrected chi connectivity index (χ1v) is 8.53.